The highest BCUT2D eigenvalue weighted by Crippen LogP contribution is 2.36. The molecule has 2 saturated heterocycles. The van der Waals surface area contributed by atoms with Crippen LogP contribution >= 0.6 is 0 Å². The van der Waals surface area contributed by atoms with E-state index < -0.39 is 0 Å². The summed E-state index contributed by atoms with van der Waals surface area (Å²) in [6, 6.07) is 0.0462. The number of ether oxygens (including phenoxy) is 2. The lowest BCUT2D eigenvalue weighted by atomic mass is 9.91. The minimum absolute atomic E-state index is 0.0462. The molecular formula is C10H16N4O2. The third-order valence-corrected chi connectivity index (χ3v) is 3.26. The molecule has 88 valence electrons. The van der Waals surface area contributed by atoms with Gasteiger partial charge in [-0.15, -0.1) is 0 Å². The van der Waals surface area contributed by atoms with Crippen LogP contribution in [0.1, 0.15) is 18.3 Å². The second-order valence-electron chi connectivity index (χ2n) is 4.38. The predicted octanol–water partition coefficient (Wildman–Crippen LogP) is -0.365. The van der Waals surface area contributed by atoms with E-state index in [9.17, 15) is 0 Å². The minimum Gasteiger partial charge on any atom is -0.378 e. The molecule has 0 radical (unpaired) electrons. The smallest absolute Gasteiger partial charge is 0.170 e. The van der Waals surface area contributed by atoms with Gasteiger partial charge in [-0.1, -0.05) is 0 Å². The van der Waals surface area contributed by atoms with Crippen molar-refractivity contribution in [2.45, 2.75) is 18.1 Å². The molecule has 2 fully saturated rings. The maximum absolute atomic E-state index is 5.93. The van der Waals surface area contributed by atoms with Crippen molar-refractivity contribution >= 4 is 0 Å². The number of morpholine rings is 1. The number of aromatic nitrogens is 3. The Morgan fingerprint density at radius 2 is 2.50 bits per heavy atom. The monoisotopic (exact) mass is 224 g/mol. The molecule has 1 aromatic heterocycles. The van der Waals surface area contributed by atoms with E-state index in [0.29, 0.717) is 6.61 Å². The van der Waals surface area contributed by atoms with Gasteiger partial charge >= 0.3 is 0 Å². The van der Waals surface area contributed by atoms with Crippen LogP contribution in [0, 0.1) is 0 Å². The first-order chi connectivity index (χ1) is 7.80. The second kappa shape index (κ2) is 3.80. The van der Waals surface area contributed by atoms with E-state index in [1.54, 1.807) is 11.0 Å². The summed E-state index contributed by atoms with van der Waals surface area (Å²) in [5.41, 5.74) is -0.264. The topological polar surface area (TPSA) is 61.2 Å². The van der Waals surface area contributed by atoms with Crippen LogP contribution in [0.15, 0.2) is 6.33 Å². The van der Waals surface area contributed by atoms with Crippen molar-refractivity contribution in [3.8, 4) is 0 Å². The summed E-state index contributed by atoms with van der Waals surface area (Å²) in [6.07, 6.45) is 2.62. The lowest BCUT2D eigenvalue weighted by Gasteiger charge is -2.39. The molecule has 6 heteroatoms. The number of aryl methyl sites for hydroxylation is 1. The molecule has 2 unspecified atom stereocenters. The van der Waals surface area contributed by atoms with Crippen molar-refractivity contribution in [3.63, 3.8) is 0 Å². The van der Waals surface area contributed by atoms with Crippen LogP contribution in [-0.2, 0) is 16.5 Å². The molecule has 1 N–H and O–H groups in total. The van der Waals surface area contributed by atoms with E-state index >= 15 is 0 Å². The van der Waals surface area contributed by atoms with Crippen molar-refractivity contribution < 1.29 is 9.47 Å². The van der Waals surface area contributed by atoms with Gasteiger partial charge in [0.1, 0.15) is 18.0 Å². The SMILES string of the molecule is Cn1cnc(C2NCCOC23CCOC3)n1. The average Bonchev–Trinajstić information content (AvgIpc) is 2.90. The number of hydrogen-bond donors (Lipinski definition) is 1. The molecule has 2 aliphatic heterocycles. The molecule has 0 saturated carbocycles. The van der Waals surface area contributed by atoms with Gasteiger partial charge in [0.05, 0.1) is 13.2 Å². The molecule has 2 aliphatic rings. The molecule has 1 aromatic rings. The predicted molar refractivity (Wildman–Crippen MR) is 55.9 cm³/mol. The highest BCUT2D eigenvalue weighted by atomic mass is 16.6. The van der Waals surface area contributed by atoms with Gasteiger partial charge in [0.25, 0.3) is 0 Å². The first-order valence-electron chi connectivity index (χ1n) is 5.61. The Hall–Kier alpha value is -0.980. The van der Waals surface area contributed by atoms with Crippen molar-refractivity contribution in [2.75, 3.05) is 26.4 Å². The molecule has 0 amide bonds. The summed E-state index contributed by atoms with van der Waals surface area (Å²) in [4.78, 5) is 4.31. The zero-order chi connectivity index (χ0) is 11.0. The lowest BCUT2D eigenvalue weighted by Crippen LogP contribution is -2.53. The Labute approximate surface area is 93.9 Å². The summed E-state index contributed by atoms with van der Waals surface area (Å²) in [5, 5.41) is 7.80. The Morgan fingerprint density at radius 1 is 1.56 bits per heavy atom. The van der Waals surface area contributed by atoms with Crippen molar-refractivity contribution in [3.05, 3.63) is 12.2 Å². The fraction of sp³-hybridized carbons (Fsp3) is 0.800. The van der Waals surface area contributed by atoms with Crippen LogP contribution in [0.2, 0.25) is 0 Å². The third kappa shape index (κ3) is 1.53. The van der Waals surface area contributed by atoms with Gasteiger partial charge in [0.15, 0.2) is 5.82 Å². The van der Waals surface area contributed by atoms with Crippen LogP contribution in [0.5, 0.6) is 0 Å². The maximum Gasteiger partial charge on any atom is 0.170 e. The van der Waals surface area contributed by atoms with Gasteiger partial charge in [-0.25, -0.2) is 4.98 Å². The molecule has 1 spiro atoms. The summed E-state index contributed by atoms with van der Waals surface area (Å²) >= 11 is 0. The molecule has 2 atom stereocenters. The molecule has 0 aliphatic carbocycles. The number of nitrogens with zero attached hydrogens (tertiary/aromatic N) is 3. The highest BCUT2D eigenvalue weighted by molar-refractivity contribution is 5.08. The quantitative estimate of drug-likeness (QED) is 0.705. The zero-order valence-corrected chi connectivity index (χ0v) is 9.35. The van der Waals surface area contributed by atoms with Gasteiger partial charge in [-0.3, -0.25) is 4.68 Å². The van der Waals surface area contributed by atoms with Crippen LogP contribution in [0.25, 0.3) is 0 Å². The molecule has 3 rings (SSSR count). The van der Waals surface area contributed by atoms with Gasteiger partial charge in [-0.2, -0.15) is 5.10 Å². The van der Waals surface area contributed by atoms with Crippen molar-refractivity contribution in [1.82, 2.24) is 20.1 Å². The largest absolute Gasteiger partial charge is 0.378 e. The van der Waals surface area contributed by atoms with Crippen LogP contribution in [0.3, 0.4) is 0 Å². The first-order valence-corrected chi connectivity index (χ1v) is 5.61. The van der Waals surface area contributed by atoms with E-state index in [1.807, 2.05) is 7.05 Å². The van der Waals surface area contributed by atoms with Gasteiger partial charge in [-0.05, 0) is 0 Å². The van der Waals surface area contributed by atoms with E-state index in [4.69, 9.17) is 9.47 Å². The highest BCUT2D eigenvalue weighted by Gasteiger charge is 2.47. The van der Waals surface area contributed by atoms with E-state index in [2.05, 4.69) is 15.4 Å². The van der Waals surface area contributed by atoms with Crippen molar-refractivity contribution in [1.29, 1.82) is 0 Å². The first kappa shape index (κ1) is 10.2. The molecule has 0 aromatic carbocycles. The van der Waals surface area contributed by atoms with Gasteiger partial charge in [0, 0.05) is 26.6 Å². The standard InChI is InChI=1S/C10H16N4O2/c1-14-7-12-9(13-14)8-10(2-4-15-6-10)16-5-3-11-8/h7-8,11H,2-6H2,1H3. The van der Waals surface area contributed by atoms with E-state index in [1.165, 1.54) is 0 Å². The fourth-order valence-corrected chi connectivity index (χ4v) is 2.45. The summed E-state index contributed by atoms with van der Waals surface area (Å²) in [7, 11) is 1.87. The maximum atomic E-state index is 5.93. The lowest BCUT2D eigenvalue weighted by molar-refractivity contribution is -0.101. The molecule has 6 nitrogen and oxygen atoms in total. The number of hydrogen-bond acceptors (Lipinski definition) is 5. The summed E-state index contributed by atoms with van der Waals surface area (Å²) in [6.45, 7) is 2.95. The normalized spacial score (nSPS) is 34.7. The van der Waals surface area contributed by atoms with Crippen molar-refractivity contribution in [2.24, 2.45) is 7.05 Å². The Kier molecular flexibility index (Phi) is 2.42. The molecule has 3 heterocycles. The van der Waals surface area contributed by atoms with E-state index in [0.717, 1.165) is 32.0 Å². The number of nitrogens with one attached hydrogen (secondary N) is 1. The van der Waals surface area contributed by atoms with Crippen LogP contribution < -0.4 is 5.32 Å². The minimum atomic E-state index is -0.264. The zero-order valence-electron chi connectivity index (χ0n) is 9.35. The summed E-state index contributed by atoms with van der Waals surface area (Å²) in [5.74, 6) is 0.799. The number of rotatable bonds is 1. The van der Waals surface area contributed by atoms with Crippen LogP contribution in [0.4, 0.5) is 0 Å². The third-order valence-electron chi connectivity index (χ3n) is 3.26. The summed E-state index contributed by atoms with van der Waals surface area (Å²) < 4.78 is 13.1. The van der Waals surface area contributed by atoms with Gasteiger partial charge < -0.3 is 14.8 Å². The second-order valence-corrected chi connectivity index (χ2v) is 4.38. The Morgan fingerprint density at radius 3 is 3.19 bits per heavy atom. The molecule has 0 bridgehead atoms. The van der Waals surface area contributed by atoms with Crippen LogP contribution in [-0.4, -0.2) is 46.7 Å². The van der Waals surface area contributed by atoms with E-state index in [-0.39, 0.29) is 11.6 Å². The molecular weight excluding hydrogens is 208 g/mol. The molecule has 16 heavy (non-hydrogen) atoms. The Bertz CT molecular complexity index is 373. The average molecular weight is 224 g/mol. The fourth-order valence-electron chi connectivity index (χ4n) is 2.45. The van der Waals surface area contributed by atoms with Gasteiger partial charge in [0.2, 0.25) is 0 Å². The Balaban J connectivity index is 1.91.